The molecule has 3 nitrogen and oxygen atoms in total. The second-order valence-electron chi connectivity index (χ2n) is 6.70. The van der Waals surface area contributed by atoms with Gasteiger partial charge >= 0.3 is 0 Å². The van der Waals surface area contributed by atoms with Crippen LogP contribution in [0.5, 0.6) is 0 Å². The molecule has 0 aliphatic carbocycles. The predicted molar refractivity (Wildman–Crippen MR) is 76.5 cm³/mol. The second-order valence-corrected chi connectivity index (χ2v) is 6.70. The van der Waals surface area contributed by atoms with Gasteiger partial charge in [0.1, 0.15) is 0 Å². The lowest BCUT2D eigenvalue weighted by atomic mass is 9.80. The molecule has 1 N–H and O–H groups in total. The Morgan fingerprint density at radius 3 is 2.56 bits per heavy atom. The Morgan fingerprint density at radius 2 is 2.11 bits per heavy atom. The maximum atomic E-state index is 12.5. The molecular weight excluding hydrogens is 224 g/mol. The van der Waals surface area contributed by atoms with Crippen molar-refractivity contribution in [1.29, 1.82) is 0 Å². The van der Waals surface area contributed by atoms with E-state index < -0.39 is 0 Å². The van der Waals surface area contributed by atoms with Gasteiger partial charge in [-0.1, -0.05) is 34.6 Å². The summed E-state index contributed by atoms with van der Waals surface area (Å²) >= 11 is 0. The minimum atomic E-state index is 0.210. The SMILES string of the molecule is CCCN(C(=O)CC(C)C(C)(C)C)C1CCNC1. The van der Waals surface area contributed by atoms with Crippen LogP contribution in [0.3, 0.4) is 0 Å². The van der Waals surface area contributed by atoms with E-state index in [1.807, 2.05) is 0 Å². The smallest absolute Gasteiger partial charge is 0.223 e. The summed E-state index contributed by atoms with van der Waals surface area (Å²) < 4.78 is 0. The number of carbonyl (C=O) groups excluding carboxylic acids is 1. The summed E-state index contributed by atoms with van der Waals surface area (Å²) in [6.45, 7) is 13.9. The highest BCUT2D eigenvalue weighted by atomic mass is 16.2. The zero-order valence-electron chi connectivity index (χ0n) is 12.8. The summed E-state index contributed by atoms with van der Waals surface area (Å²) in [6.07, 6.45) is 2.84. The number of nitrogens with one attached hydrogen (secondary N) is 1. The van der Waals surface area contributed by atoms with Gasteiger partial charge in [0.15, 0.2) is 0 Å². The average molecular weight is 254 g/mol. The van der Waals surface area contributed by atoms with E-state index in [2.05, 4.69) is 44.8 Å². The fourth-order valence-electron chi connectivity index (χ4n) is 2.34. The van der Waals surface area contributed by atoms with Gasteiger partial charge in [-0.25, -0.2) is 0 Å². The molecule has 3 heteroatoms. The summed E-state index contributed by atoms with van der Waals surface area (Å²) in [4.78, 5) is 14.6. The maximum absolute atomic E-state index is 12.5. The van der Waals surface area contributed by atoms with Crippen molar-refractivity contribution in [2.45, 2.75) is 59.9 Å². The van der Waals surface area contributed by atoms with Gasteiger partial charge < -0.3 is 10.2 Å². The predicted octanol–water partition coefficient (Wildman–Crippen LogP) is 2.66. The van der Waals surface area contributed by atoms with Gasteiger partial charge in [-0.2, -0.15) is 0 Å². The van der Waals surface area contributed by atoms with Crippen molar-refractivity contribution < 1.29 is 4.79 Å². The molecule has 0 aromatic rings. The lowest BCUT2D eigenvalue weighted by Gasteiger charge is -2.32. The quantitative estimate of drug-likeness (QED) is 0.818. The number of carbonyl (C=O) groups is 1. The number of hydrogen-bond acceptors (Lipinski definition) is 2. The first-order valence-electron chi connectivity index (χ1n) is 7.36. The van der Waals surface area contributed by atoms with Crippen LogP contribution in [0.15, 0.2) is 0 Å². The Morgan fingerprint density at radius 1 is 1.44 bits per heavy atom. The Bertz CT molecular complexity index is 264. The van der Waals surface area contributed by atoms with E-state index in [0.717, 1.165) is 32.5 Å². The summed E-state index contributed by atoms with van der Waals surface area (Å²) in [7, 11) is 0. The normalized spacial score (nSPS) is 21.9. The number of rotatable bonds is 5. The van der Waals surface area contributed by atoms with Crippen molar-refractivity contribution in [1.82, 2.24) is 10.2 Å². The first-order chi connectivity index (χ1) is 8.36. The van der Waals surface area contributed by atoms with Crippen LogP contribution < -0.4 is 5.32 Å². The molecular formula is C15H30N2O. The van der Waals surface area contributed by atoms with Crippen molar-refractivity contribution in [2.24, 2.45) is 11.3 Å². The molecule has 2 atom stereocenters. The standard InChI is InChI=1S/C15H30N2O/c1-6-9-17(13-7-8-16-11-13)14(18)10-12(2)15(3,4)5/h12-13,16H,6-11H2,1-5H3. The van der Waals surface area contributed by atoms with Gasteiger partial charge in [0, 0.05) is 25.6 Å². The Balaban J connectivity index is 2.59. The zero-order valence-corrected chi connectivity index (χ0v) is 12.8. The number of hydrogen-bond donors (Lipinski definition) is 1. The molecule has 1 rings (SSSR count). The van der Waals surface area contributed by atoms with Crippen LogP contribution in [0.2, 0.25) is 0 Å². The van der Waals surface area contributed by atoms with Gasteiger partial charge in [-0.05, 0) is 30.7 Å². The highest BCUT2D eigenvalue weighted by Gasteiger charge is 2.29. The van der Waals surface area contributed by atoms with Gasteiger partial charge in [0.25, 0.3) is 0 Å². The molecule has 1 amide bonds. The lowest BCUT2D eigenvalue weighted by molar-refractivity contribution is -0.135. The van der Waals surface area contributed by atoms with Crippen LogP contribution in [0.1, 0.15) is 53.9 Å². The Labute approximate surface area is 112 Å². The fourth-order valence-corrected chi connectivity index (χ4v) is 2.34. The monoisotopic (exact) mass is 254 g/mol. The molecule has 106 valence electrons. The maximum Gasteiger partial charge on any atom is 0.223 e. The molecule has 1 saturated heterocycles. The molecule has 18 heavy (non-hydrogen) atoms. The van der Waals surface area contributed by atoms with Gasteiger partial charge in [0.05, 0.1) is 0 Å². The third-order valence-electron chi connectivity index (χ3n) is 4.22. The van der Waals surface area contributed by atoms with Crippen LogP contribution in [0.4, 0.5) is 0 Å². The van der Waals surface area contributed by atoms with E-state index >= 15 is 0 Å². The van der Waals surface area contributed by atoms with E-state index in [1.54, 1.807) is 0 Å². The minimum Gasteiger partial charge on any atom is -0.338 e. The zero-order chi connectivity index (χ0) is 13.8. The van der Waals surface area contributed by atoms with E-state index in [9.17, 15) is 4.79 Å². The van der Waals surface area contributed by atoms with Gasteiger partial charge in [-0.3, -0.25) is 4.79 Å². The van der Waals surface area contributed by atoms with Gasteiger partial charge in [-0.15, -0.1) is 0 Å². The third kappa shape index (κ3) is 4.27. The summed E-state index contributed by atoms with van der Waals surface area (Å²) in [5.41, 5.74) is 0.210. The summed E-state index contributed by atoms with van der Waals surface area (Å²) in [6, 6.07) is 0.421. The van der Waals surface area contributed by atoms with E-state index in [4.69, 9.17) is 0 Å². The third-order valence-corrected chi connectivity index (χ3v) is 4.22. The molecule has 0 spiro atoms. The summed E-state index contributed by atoms with van der Waals surface area (Å²) in [5.74, 6) is 0.770. The molecule has 0 saturated carbocycles. The molecule has 1 aliphatic heterocycles. The van der Waals surface area contributed by atoms with Crippen LogP contribution in [-0.2, 0) is 4.79 Å². The highest BCUT2D eigenvalue weighted by molar-refractivity contribution is 5.77. The van der Waals surface area contributed by atoms with Crippen LogP contribution >= 0.6 is 0 Å². The van der Waals surface area contributed by atoms with E-state index in [-0.39, 0.29) is 5.41 Å². The topological polar surface area (TPSA) is 32.3 Å². The first-order valence-corrected chi connectivity index (χ1v) is 7.36. The number of amides is 1. The molecule has 1 aliphatic rings. The fraction of sp³-hybridized carbons (Fsp3) is 0.933. The van der Waals surface area contributed by atoms with Crippen molar-refractivity contribution in [2.75, 3.05) is 19.6 Å². The average Bonchev–Trinajstić information content (AvgIpc) is 2.77. The van der Waals surface area contributed by atoms with Crippen molar-refractivity contribution in [3.8, 4) is 0 Å². The molecule has 0 radical (unpaired) electrons. The van der Waals surface area contributed by atoms with Crippen LogP contribution in [0.25, 0.3) is 0 Å². The van der Waals surface area contributed by atoms with Crippen molar-refractivity contribution >= 4 is 5.91 Å². The molecule has 1 heterocycles. The minimum absolute atomic E-state index is 0.210. The van der Waals surface area contributed by atoms with Crippen molar-refractivity contribution in [3.05, 3.63) is 0 Å². The van der Waals surface area contributed by atoms with Crippen LogP contribution in [-0.4, -0.2) is 36.5 Å². The summed E-state index contributed by atoms with van der Waals surface area (Å²) in [5, 5.41) is 3.36. The first kappa shape index (κ1) is 15.5. The molecule has 0 aromatic heterocycles. The molecule has 0 aromatic carbocycles. The van der Waals surface area contributed by atoms with E-state index in [1.165, 1.54) is 0 Å². The van der Waals surface area contributed by atoms with Crippen LogP contribution in [0, 0.1) is 11.3 Å². The van der Waals surface area contributed by atoms with Gasteiger partial charge in [0.2, 0.25) is 5.91 Å². The molecule has 2 unspecified atom stereocenters. The Hall–Kier alpha value is -0.570. The lowest BCUT2D eigenvalue weighted by Crippen LogP contribution is -2.43. The Kier molecular flexibility index (Phi) is 5.64. The second kappa shape index (κ2) is 6.55. The number of nitrogens with zero attached hydrogens (tertiary/aromatic N) is 1. The molecule has 0 bridgehead atoms. The highest BCUT2D eigenvalue weighted by Crippen LogP contribution is 2.29. The van der Waals surface area contributed by atoms with Crippen molar-refractivity contribution in [3.63, 3.8) is 0 Å². The van der Waals surface area contributed by atoms with E-state index in [0.29, 0.717) is 24.3 Å². The largest absolute Gasteiger partial charge is 0.338 e. The molecule has 1 fully saturated rings.